The highest BCUT2D eigenvalue weighted by Gasteiger charge is 2.30. The first-order chi connectivity index (χ1) is 12.9. The van der Waals surface area contributed by atoms with Crippen LogP contribution in [0.1, 0.15) is 36.5 Å². The predicted molar refractivity (Wildman–Crippen MR) is 111 cm³/mol. The number of nitrogens with zero attached hydrogens (tertiary/aromatic N) is 1. The van der Waals surface area contributed by atoms with Crippen LogP contribution in [0.3, 0.4) is 0 Å². The van der Waals surface area contributed by atoms with Gasteiger partial charge in [-0.25, -0.2) is 8.42 Å². The maximum absolute atomic E-state index is 12.8. The van der Waals surface area contributed by atoms with Gasteiger partial charge in [-0.05, 0) is 56.2 Å². The average Bonchev–Trinajstić information content (AvgIpc) is 2.67. The highest BCUT2D eigenvalue weighted by Crippen LogP contribution is 2.25. The minimum absolute atomic E-state index is 0.0265. The van der Waals surface area contributed by atoms with E-state index < -0.39 is 10.0 Å². The molecular weight excluding hydrogens is 428 g/mol. The molecule has 1 heterocycles. The SMILES string of the molecule is CC1CCCCN1S(=O)(=O)c1ccc(NCC(=O)c2ccc(Br)cc2)cc1. The summed E-state index contributed by atoms with van der Waals surface area (Å²) in [4.78, 5) is 12.5. The van der Waals surface area contributed by atoms with E-state index in [9.17, 15) is 13.2 Å². The fraction of sp³-hybridized carbons (Fsp3) is 0.350. The zero-order valence-electron chi connectivity index (χ0n) is 15.2. The summed E-state index contributed by atoms with van der Waals surface area (Å²) in [6.45, 7) is 2.68. The van der Waals surface area contributed by atoms with Gasteiger partial charge < -0.3 is 5.32 Å². The van der Waals surface area contributed by atoms with Crippen LogP contribution in [0.5, 0.6) is 0 Å². The molecule has 1 saturated heterocycles. The third-order valence-corrected chi connectivity index (χ3v) is 7.38. The molecule has 144 valence electrons. The zero-order valence-corrected chi connectivity index (χ0v) is 17.6. The Morgan fingerprint density at radius 2 is 1.78 bits per heavy atom. The van der Waals surface area contributed by atoms with E-state index in [0.717, 1.165) is 23.7 Å². The van der Waals surface area contributed by atoms with Gasteiger partial charge >= 0.3 is 0 Å². The molecule has 1 aliphatic heterocycles. The smallest absolute Gasteiger partial charge is 0.243 e. The van der Waals surface area contributed by atoms with Crippen molar-refractivity contribution < 1.29 is 13.2 Å². The number of hydrogen-bond acceptors (Lipinski definition) is 4. The van der Waals surface area contributed by atoms with E-state index in [-0.39, 0.29) is 18.4 Å². The minimum Gasteiger partial charge on any atom is -0.378 e. The van der Waals surface area contributed by atoms with Crippen LogP contribution < -0.4 is 5.32 Å². The Morgan fingerprint density at radius 3 is 2.41 bits per heavy atom. The number of carbonyl (C=O) groups is 1. The molecule has 1 aliphatic rings. The fourth-order valence-electron chi connectivity index (χ4n) is 3.23. The van der Waals surface area contributed by atoms with Gasteiger partial charge in [-0.15, -0.1) is 0 Å². The average molecular weight is 451 g/mol. The number of carbonyl (C=O) groups excluding carboxylic acids is 1. The lowest BCUT2D eigenvalue weighted by molar-refractivity contribution is 0.101. The van der Waals surface area contributed by atoms with Crippen LogP contribution in [0, 0.1) is 0 Å². The number of anilines is 1. The number of piperidine rings is 1. The molecule has 5 nitrogen and oxygen atoms in total. The monoisotopic (exact) mass is 450 g/mol. The van der Waals surface area contributed by atoms with Crippen molar-refractivity contribution in [3.8, 4) is 0 Å². The quantitative estimate of drug-likeness (QED) is 0.665. The summed E-state index contributed by atoms with van der Waals surface area (Å²) in [5.74, 6) is -0.0265. The van der Waals surface area contributed by atoms with Gasteiger partial charge in [0.15, 0.2) is 5.78 Å². The fourth-order valence-corrected chi connectivity index (χ4v) is 5.19. The van der Waals surface area contributed by atoms with E-state index in [0.29, 0.717) is 22.7 Å². The largest absolute Gasteiger partial charge is 0.378 e. The minimum atomic E-state index is -3.47. The molecule has 0 bridgehead atoms. The molecule has 2 aromatic carbocycles. The third-order valence-electron chi connectivity index (χ3n) is 4.82. The summed E-state index contributed by atoms with van der Waals surface area (Å²) >= 11 is 3.35. The summed E-state index contributed by atoms with van der Waals surface area (Å²) in [5.41, 5.74) is 1.34. The van der Waals surface area contributed by atoms with Gasteiger partial charge in [0.1, 0.15) is 0 Å². The number of sulfonamides is 1. The summed E-state index contributed by atoms with van der Waals surface area (Å²) in [5, 5.41) is 3.05. The van der Waals surface area contributed by atoms with E-state index >= 15 is 0 Å². The van der Waals surface area contributed by atoms with Gasteiger partial charge in [-0.2, -0.15) is 4.31 Å². The molecule has 1 fully saturated rings. The molecule has 1 atom stereocenters. The van der Waals surface area contributed by atoms with Crippen LogP contribution in [0.25, 0.3) is 0 Å². The first kappa shape index (κ1) is 20.0. The standard InChI is InChI=1S/C20H23BrN2O3S/c1-15-4-2-3-13-23(15)27(25,26)19-11-9-18(10-12-19)22-14-20(24)16-5-7-17(21)8-6-16/h5-12,15,22H,2-4,13-14H2,1H3. The Morgan fingerprint density at radius 1 is 1.11 bits per heavy atom. The second kappa shape index (κ2) is 8.54. The van der Waals surface area contributed by atoms with Crippen molar-refractivity contribution in [2.24, 2.45) is 0 Å². The summed E-state index contributed by atoms with van der Waals surface area (Å²) in [6, 6.07) is 13.8. The number of nitrogens with one attached hydrogen (secondary N) is 1. The number of ketones is 1. The number of hydrogen-bond donors (Lipinski definition) is 1. The molecular formula is C20H23BrN2O3S. The topological polar surface area (TPSA) is 66.5 Å². The van der Waals surface area contributed by atoms with Gasteiger partial charge in [0, 0.05) is 28.3 Å². The summed E-state index contributed by atoms with van der Waals surface area (Å²) in [7, 11) is -3.47. The summed E-state index contributed by atoms with van der Waals surface area (Å²) in [6.07, 6.45) is 2.88. The number of rotatable bonds is 6. The van der Waals surface area contributed by atoms with E-state index in [1.54, 1.807) is 40.7 Å². The van der Waals surface area contributed by atoms with Gasteiger partial charge in [-0.1, -0.05) is 34.5 Å². The molecule has 7 heteroatoms. The number of Topliss-reactive ketones (excluding diaryl/α,β-unsaturated/α-hetero) is 1. The van der Waals surface area contributed by atoms with Crippen LogP contribution in [-0.2, 0) is 10.0 Å². The Kier molecular flexibility index (Phi) is 6.34. The van der Waals surface area contributed by atoms with E-state index in [2.05, 4.69) is 21.2 Å². The highest BCUT2D eigenvalue weighted by atomic mass is 79.9. The first-order valence-electron chi connectivity index (χ1n) is 9.02. The molecule has 0 aromatic heterocycles. The molecule has 3 rings (SSSR count). The van der Waals surface area contributed by atoms with Crippen molar-refractivity contribution in [2.45, 2.75) is 37.1 Å². The Bertz CT molecular complexity index is 896. The molecule has 0 radical (unpaired) electrons. The first-order valence-corrected chi connectivity index (χ1v) is 11.3. The van der Waals surface area contributed by atoms with Gasteiger partial charge in [0.05, 0.1) is 11.4 Å². The van der Waals surface area contributed by atoms with Crippen LogP contribution in [0.4, 0.5) is 5.69 Å². The zero-order chi connectivity index (χ0) is 19.4. The lowest BCUT2D eigenvalue weighted by atomic mass is 10.1. The van der Waals surface area contributed by atoms with Gasteiger partial charge in [0.25, 0.3) is 0 Å². The van der Waals surface area contributed by atoms with Crippen molar-refractivity contribution in [3.05, 3.63) is 58.6 Å². The van der Waals surface area contributed by atoms with Crippen molar-refractivity contribution in [1.82, 2.24) is 4.31 Å². The summed E-state index contributed by atoms with van der Waals surface area (Å²) < 4.78 is 28.2. The van der Waals surface area contributed by atoms with Crippen LogP contribution in [0.15, 0.2) is 57.9 Å². The Labute approximate surface area is 169 Å². The van der Waals surface area contributed by atoms with Crippen LogP contribution in [-0.4, -0.2) is 37.6 Å². The maximum atomic E-state index is 12.8. The number of benzene rings is 2. The third kappa shape index (κ3) is 4.78. The molecule has 0 aliphatic carbocycles. The van der Waals surface area contributed by atoms with Crippen molar-refractivity contribution in [3.63, 3.8) is 0 Å². The highest BCUT2D eigenvalue weighted by molar-refractivity contribution is 9.10. The Balaban J connectivity index is 1.64. The molecule has 0 amide bonds. The normalized spacial score (nSPS) is 18.2. The molecule has 1 unspecified atom stereocenters. The van der Waals surface area contributed by atoms with Crippen LogP contribution in [0.2, 0.25) is 0 Å². The van der Waals surface area contributed by atoms with E-state index in [4.69, 9.17) is 0 Å². The second-order valence-electron chi connectivity index (χ2n) is 6.77. The lowest BCUT2D eigenvalue weighted by Gasteiger charge is -2.32. The van der Waals surface area contributed by atoms with E-state index in [1.165, 1.54) is 0 Å². The molecule has 2 aromatic rings. The van der Waals surface area contributed by atoms with Gasteiger partial charge in [-0.3, -0.25) is 4.79 Å². The van der Waals surface area contributed by atoms with Crippen molar-refractivity contribution >= 4 is 37.4 Å². The molecule has 0 saturated carbocycles. The second-order valence-corrected chi connectivity index (χ2v) is 9.57. The van der Waals surface area contributed by atoms with Crippen molar-refractivity contribution in [2.75, 3.05) is 18.4 Å². The van der Waals surface area contributed by atoms with Crippen LogP contribution >= 0.6 is 15.9 Å². The molecule has 1 N–H and O–H groups in total. The predicted octanol–water partition coefficient (Wildman–Crippen LogP) is 4.31. The van der Waals surface area contributed by atoms with E-state index in [1.807, 2.05) is 19.1 Å². The molecule has 27 heavy (non-hydrogen) atoms. The molecule has 0 spiro atoms. The number of halogens is 1. The van der Waals surface area contributed by atoms with Crippen molar-refractivity contribution in [1.29, 1.82) is 0 Å². The van der Waals surface area contributed by atoms with Gasteiger partial charge in [0.2, 0.25) is 10.0 Å². The Hall–Kier alpha value is -1.70. The maximum Gasteiger partial charge on any atom is 0.243 e. The lowest BCUT2D eigenvalue weighted by Crippen LogP contribution is -2.41.